The van der Waals surface area contributed by atoms with Gasteiger partial charge in [-0.15, -0.1) is 0 Å². The number of benzene rings is 1. The molecule has 7 heteroatoms. The molecule has 0 aliphatic carbocycles. The molecule has 0 aliphatic rings. The molecule has 19 heavy (non-hydrogen) atoms. The fraction of sp³-hybridized carbons (Fsp3) is 0. The first-order valence-corrected chi connectivity index (χ1v) is 5.10. The number of hydrogen-bond donors (Lipinski definition) is 1. The lowest BCUT2D eigenvalue weighted by atomic mass is 10.3. The first kappa shape index (κ1) is 12.6. The largest absolute Gasteiger partial charge is 0.476 e. The first-order chi connectivity index (χ1) is 9.08. The fourth-order valence-electron chi connectivity index (χ4n) is 1.25. The van der Waals surface area contributed by atoms with Gasteiger partial charge in [-0.3, -0.25) is 4.98 Å². The van der Waals surface area contributed by atoms with E-state index in [4.69, 9.17) is 9.84 Å². The van der Waals surface area contributed by atoms with Gasteiger partial charge in [-0.05, 0) is 12.1 Å². The second kappa shape index (κ2) is 5.21. The van der Waals surface area contributed by atoms with E-state index < -0.39 is 23.4 Å². The molecule has 0 atom stereocenters. The Bertz CT molecular complexity index is 645. The van der Waals surface area contributed by atoms with Gasteiger partial charge in [0.15, 0.2) is 23.0 Å². The molecule has 2 aromatic rings. The van der Waals surface area contributed by atoms with E-state index in [0.29, 0.717) is 0 Å². The Morgan fingerprint density at radius 1 is 1.16 bits per heavy atom. The fourth-order valence-corrected chi connectivity index (χ4v) is 1.25. The van der Waals surface area contributed by atoms with Crippen molar-refractivity contribution in [2.24, 2.45) is 0 Å². The Balaban J connectivity index is 2.23. The number of carbonyl (C=O) groups excluding carboxylic acids is 1. The van der Waals surface area contributed by atoms with Gasteiger partial charge in [0.25, 0.3) is 0 Å². The van der Waals surface area contributed by atoms with Crippen LogP contribution in [-0.4, -0.2) is 27.0 Å². The molecule has 1 aromatic heterocycles. The summed E-state index contributed by atoms with van der Waals surface area (Å²) in [6, 6.07) is 5.33. The highest BCUT2D eigenvalue weighted by molar-refractivity contribution is 5.91. The van der Waals surface area contributed by atoms with E-state index in [2.05, 4.69) is 9.97 Å². The third-order valence-electron chi connectivity index (χ3n) is 2.10. The van der Waals surface area contributed by atoms with Crippen molar-refractivity contribution in [3.05, 3.63) is 53.9 Å². The predicted molar refractivity (Wildman–Crippen MR) is 60.3 cm³/mol. The number of esters is 1. The molecule has 1 N–H and O–H groups in total. The van der Waals surface area contributed by atoms with Gasteiger partial charge in [-0.25, -0.2) is 19.0 Å². The average Bonchev–Trinajstić information content (AvgIpc) is 2.41. The molecular formula is C12H7FN2O4. The molecule has 0 saturated carbocycles. The number of carbonyl (C=O) groups is 2. The molecule has 0 bridgehead atoms. The molecule has 0 radical (unpaired) electrons. The van der Waals surface area contributed by atoms with Gasteiger partial charge in [0.05, 0.1) is 12.4 Å². The average molecular weight is 262 g/mol. The summed E-state index contributed by atoms with van der Waals surface area (Å²) >= 11 is 0. The monoisotopic (exact) mass is 262 g/mol. The molecular weight excluding hydrogens is 255 g/mol. The summed E-state index contributed by atoms with van der Waals surface area (Å²) in [6.07, 6.45) is 2.03. The Morgan fingerprint density at radius 2 is 1.84 bits per heavy atom. The van der Waals surface area contributed by atoms with Crippen LogP contribution in [0.1, 0.15) is 21.0 Å². The number of para-hydroxylation sites is 1. The van der Waals surface area contributed by atoms with Gasteiger partial charge in [-0.2, -0.15) is 0 Å². The highest BCUT2D eigenvalue weighted by Crippen LogP contribution is 2.16. The third-order valence-corrected chi connectivity index (χ3v) is 2.10. The molecule has 1 heterocycles. The van der Waals surface area contributed by atoms with Gasteiger partial charge in [0.2, 0.25) is 0 Å². The zero-order valence-corrected chi connectivity index (χ0v) is 9.41. The van der Waals surface area contributed by atoms with Gasteiger partial charge < -0.3 is 9.84 Å². The van der Waals surface area contributed by atoms with Gasteiger partial charge in [0.1, 0.15) is 0 Å². The van der Waals surface area contributed by atoms with E-state index in [1.54, 1.807) is 0 Å². The minimum atomic E-state index is -1.33. The minimum Gasteiger partial charge on any atom is -0.476 e. The molecule has 0 fully saturated rings. The number of carboxylic acids is 1. The van der Waals surface area contributed by atoms with Crippen LogP contribution in [0.3, 0.4) is 0 Å². The zero-order valence-electron chi connectivity index (χ0n) is 9.41. The summed E-state index contributed by atoms with van der Waals surface area (Å²) < 4.78 is 18.0. The number of ether oxygens (including phenoxy) is 1. The van der Waals surface area contributed by atoms with Crippen molar-refractivity contribution < 1.29 is 23.8 Å². The maximum absolute atomic E-state index is 13.3. The van der Waals surface area contributed by atoms with Crippen LogP contribution in [0, 0.1) is 5.82 Å². The Hall–Kier alpha value is -2.83. The summed E-state index contributed by atoms with van der Waals surface area (Å²) in [5.41, 5.74) is -0.717. The summed E-state index contributed by atoms with van der Waals surface area (Å²) in [4.78, 5) is 29.4. The van der Waals surface area contributed by atoms with Crippen LogP contribution in [0.2, 0.25) is 0 Å². The summed E-state index contributed by atoms with van der Waals surface area (Å²) in [6.45, 7) is 0. The SMILES string of the molecule is O=C(O)c1cncc(C(=O)Oc2ccccc2F)n1. The van der Waals surface area contributed by atoms with E-state index in [1.807, 2.05) is 0 Å². The number of aromatic carboxylic acids is 1. The van der Waals surface area contributed by atoms with Gasteiger partial charge >= 0.3 is 11.9 Å². The molecule has 0 saturated heterocycles. The van der Waals surface area contributed by atoms with Crippen molar-refractivity contribution >= 4 is 11.9 Å². The van der Waals surface area contributed by atoms with Crippen molar-refractivity contribution in [3.63, 3.8) is 0 Å². The molecule has 0 spiro atoms. The Morgan fingerprint density at radius 3 is 2.53 bits per heavy atom. The summed E-state index contributed by atoms with van der Waals surface area (Å²) in [5.74, 6) is -3.29. The van der Waals surface area contributed by atoms with E-state index in [-0.39, 0.29) is 11.4 Å². The van der Waals surface area contributed by atoms with Crippen molar-refractivity contribution in [1.82, 2.24) is 9.97 Å². The molecule has 0 unspecified atom stereocenters. The van der Waals surface area contributed by atoms with Crippen LogP contribution in [-0.2, 0) is 0 Å². The van der Waals surface area contributed by atoms with Gasteiger partial charge in [0, 0.05) is 0 Å². The second-order valence-corrected chi connectivity index (χ2v) is 3.41. The normalized spacial score (nSPS) is 9.95. The van der Waals surface area contributed by atoms with Crippen LogP contribution >= 0.6 is 0 Å². The highest BCUT2D eigenvalue weighted by Gasteiger charge is 2.15. The second-order valence-electron chi connectivity index (χ2n) is 3.41. The van der Waals surface area contributed by atoms with Gasteiger partial charge in [-0.1, -0.05) is 12.1 Å². The predicted octanol–water partition coefficient (Wildman–Crippen LogP) is 1.53. The highest BCUT2D eigenvalue weighted by atomic mass is 19.1. The van der Waals surface area contributed by atoms with E-state index in [1.165, 1.54) is 18.2 Å². The standard InChI is InChI=1S/C12H7FN2O4/c13-7-3-1-2-4-10(7)19-12(18)9-6-14-5-8(15-9)11(16)17/h1-6H,(H,16,17). The van der Waals surface area contributed by atoms with E-state index in [0.717, 1.165) is 18.5 Å². The van der Waals surface area contributed by atoms with E-state index in [9.17, 15) is 14.0 Å². The van der Waals surface area contributed by atoms with Crippen LogP contribution in [0.15, 0.2) is 36.7 Å². The molecule has 1 aromatic carbocycles. The summed E-state index contributed by atoms with van der Waals surface area (Å²) in [5, 5.41) is 8.71. The lowest BCUT2D eigenvalue weighted by Crippen LogP contribution is -2.14. The van der Waals surface area contributed by atoms with Crippen molar-refractivity contribution in [2.75, 3.05) is 0 Å². The first-order valence-electron chi connectivity index (χ1n) is 5.10. The van der Waals surface area contributed by atoms with Crippen molar-refractivity contribution in [3.8, 4) is 5.75 Å². The van der Waals surface area contributed by atoms with Crippen LogP contribution in [0.4, 0.5) is 4.39 Å². The Labute approximate surface area is 106 Å². The molecule has 6 nitrogen and oxygen atoms in total. The number of aromatic nitrogens is 2. The molecule has 2 rings (SSSR count). The minimum absolute atomic E-state index is 0.268. The number of halogens is 1. The van der Waals surface area contributed by atoms with Crippen LogP contribution in [0.25, 0.3) is 0 Å². The molecule has 96 valence electrons. The lowest BCUT2D eigenvalue weighted by Gasteiger charge is -2.04. The zero-order chi connectivity index (χ0) is 13.8. The number of hydrogen-bond acceptors (Lipinski definition) is 5. The smallest absolute Gasteiger partial charge is 0.364 e. The van der Waals surface area contributed by atoms with Crippen LogP contribution in [0.5, 0.6) is 5.75 Å². The topological polar surface area (TPSA) is 89.4 Å². The van der Waals surface area contributed by atoms with E-state index >= 15 is 0 Å². The number of rotatable bonds is 3. The third kappa shape index (κ3) is 2.89. The van der Waals surface area contributed by atoms with Crippen molar-refractivity contribution in [1.29, 1.82) is 0 Å². The molecule has 0 amide bonds. The maximum atomic E-state index is 13.3. The molecule has 0 aliphatic heterocycles. The number of nitrogens with zero attached hydrogens (tertiary/aromatic N) is 2. The quantitative estimate of drug-likeness (QED) is 0.666. The Kier molecular flexibility index (Phi) is 3.46. The lowest BCUT2D eigenvalue weighted by molar-refractivity contribution is 0.0688. The van der Waals surface area contributed by atoms with Crippen molar-refractivity contribution in [2.45, 2.75) is 0 Å². The maximum Gasteiger partial charge on any atom is 0.364 e. The number of carboxylic acid groups (broad SMARTS) is 1. The van der Waals surface area contributed by atoms with Crippen LogP contribution < -0.4 is 4.74 Å². The summed E-state index contributed by atoms with van der Waals surface area (Å²) in [7, 11) is 0.